The average Bonchev–Trinajstić information content (AvgIpc) is 2.06. The molecule has 1 aliphatic carbocycles. The summed E-state index contributed by atoms with van der Waals surface area (Å²) in [6.45, 7) is 1.73. The summed E-state index contributed by atoms with van der Waals surface area (Å²) >= 11 is 0. The van der Waals surface area contributed by atoms with E-state index in [4.69, 9.17) is 10.2 Å². The fourth-order valence-electron chi connectivity index (χ4n) is 1.42. The highest BCUT2D eigenvalue weighted by atomic mass is 16.4. The first-order valence-corrected chi connectivity index (χ1v) is 4.11. The van der Waals surface area contributed by atoms with Crippen molar-refractivity contribution in [3.8, 4) is 0 Å². The van der Waals surface area contributed by atoms with E-state index in [9.17, 15) is 4.79 Å². The number of hydrogen-bond donors (Lipinski definition) is 2. The Hall–Kier alpha value is -0.830. The maximum absolute atomic E-state index is 10.8. The molecule has 2 N–H and O–H groups in total. The van der Waals surface area contributed by atoms with Gasteiger partial charge in [0.25, 0.3) is 0 Å². The lowest BCUT2D eigenvalue weighted by Crippen LogP contribution is -2.36. The lowest BCUT2D eigenvalue weighted by atomic mass is 9.76. The molecule has 0 aromatic rings. The summed E-state index contributed by atoms with van der Waals surface area (Å²) in [5, 5.41) is 17.9. The maximum Gasteiger partial charge on any atom is 0.312 e. The van der Waals surface area contributed by atoms with E-state index in [-0.39, 0.29) is 6.61 Å². The van der Waals surface area contributed by atoms with Gasteiger partial charge in [0.1, 0.15) is 0 Å². The highest BCUT2D eigenvalue weighted by Crippen LogP contribution is 2.34. The van der Waals surface area contributed by atoms with Gasteiger partial charge in [-0.25, -0.2) is 0 Å². The van der Waals surface area contributed by atoms with Crippen molar-refractivity contribution in [3.63, 3.8) is 0 Å². The largest absolute Gasteiger partial charge is 0.481 e. The Balaban J connectivity index is 2.78. The van der Waals surface area contributed by atoms with E-state index < -0.39 is 11.4 Å². The van der Waals surface area contributed by atoms with Gasteiger partial charge >= 0.3 is 5.97 Å². The Morgan fingerprint density at radius 2 is 2.42 bits per heavy atom. The fourth-order valence-corrected chi connectivity index (χ4v) is 1.42. The van der Waals surface area contributed by atoms with Crippen molar-refractivity contribution in [2.75, 3.05) is 6.61 Å². The number of aliphatic hydroxyl groups is 1. The van der Waals surface area contributed by atoms with Crippen LogP contribution in [0.1, 0.15) is 26.2 Å². The molecule has 3 nitrogen and oxygen atoms in total. The molecule has 0 fully saturated rings. The predicted octanol–water partition coefficient (Wildman–Crippen LogP) is 1.18. The van der Waals surface area contributed by atoms with Crippen LogP contribution in [0.25, 0.3) is 0 Å². The van der Waals surface area contributed by atoms with Crippen LogP contribution in [-0.4, -0.2) is 22.8 Å². The second kappa shape index (κ2) is 3.27. The highest BCUT2D eigenvalue weighted by Gasteiger charge is 2.38. The van der Waals surface area contributed by atoms with Gasteiger partial charge in [-0.15, -0.1) is 0 Å². The third-order valence-corrected chi connectivity index (χ3v) is 2.60. The minimum Gasteiger partial charge on any atom is -0.481 e. The van der Waals surface area contributed by atoms with E-state index in [1.165, 1.54) is 5.57 Å². The maximum atomic E-state index is 10.8. The van der Waals surface area contributed by atoms with E-state index in [0.717, 1.165) is 6.42 Å². The van der Waals surface area contributed by atoms with Crippen LogP contribution in [0.15, 0.2) is 11.6 Å². The van der Waals surface area contributed by atoms with Crippen molar-refractivity contribution in [1.29, 1.82) is 0 Å². The molecule has 0 heterocycles. The SMILES string of the molecule is CC1=CCC(CO)(C(=O)O)CC1. The van der Waals surface area contributed by atoms with Crippen molar-refractivity contribution < 1.29 is 15.0 Å². The molecule has 0 amide bonds. The molecule has 3 heteroatoms. The molecular weight excluding hydrogens is 156 g/mol. The monoisotopic (exact) mass is 170 g/mol. The lowest BCUT2D eigenvalue weighted by Gasteiger charge is -2.29. The Morgan fingerprint density at radius 1 is 1.75 bits per heavy atom. The van der Waals surface area contributed by atoms with Crippen LogP contribution in [0.5, 0.6) is 0 Å². The zero-order valence-electron chi connectivity index (χ0n) is 7.21. The van der Waals surface area contributed by atoms with E-state index >= 15 is 0 Å². The Kier molecular flexibility index (Phi) is 2.52. The van der Waals surface area contributed by atoms with Crippen LogP contribution in [0.2, 0.25) is 0 Å². The summed E-state index contributed by atoms with van der Waals surface area (Å²) in [6.07, 6.45) is 3.71. The van der Waals surface area contributed by atoms with Gasteiger partial charge in [-0.3, -0.25) is 4.79 Å². The Labute approximate surface area is 71.7 Å². The normalized spacial score (nSPS) is 29.7. The number of carboxylic acids is 1. The molecule has 1 rings (SSSR count). The molecule has 0 radical (unpaired) electrons. The molecular formula is C9H14O3. The summed E-state index contributed by atoms with van der Waals surface area (Å²) < 4.78 is 0. The molecule has 0 spiro atoms. The van der Waals surface area contributed by atoms with Crippen LogP contribution in [0, 0.1) is 5.41 Å². The molecule has 0 saturated heterocycles. The van der Waals surface area contributed by atoms with Gasteiger partial charge in [0.2, 0.25) is 0 Å². The van der Waals surface area contributed by atoms with E-state index in [2.05, 4.69) is 0 Å². The van der Waals surface area contributed by atoms with Crippen LogP contribution in [-0.2, 0) is 4.79 Å². The molecule has 12 heavy (non-hydrogen) atoms. The average molecular weight is 170 g/mol. The number of hydrogen-bond acceptors (Lipinski definition) is 2. The zero-order chi connectivity index (χ0) is 9.19. The second-order valence-corrected chi connectivity index (χ2v) is 3.50. The molecule has 0 bridgehead atoms. The van der Waals surface area contributed by atoms with Crippen molar-refractivity contribution >= 4 is 5.97 Å². The third-order valence-electron chi connectivity index (χ3n) is 2.60. The topological polar surface area (TPSA) is 57.5 Å². The van der Waals surface area contributed by atoms with Crippen molar-refractivity contribution in [3.05, 3.63) is 11.6 Å². The predicted molar refractivity (Wildman–Crippen MR) is 44.8 cm³/mol. The molecule has 1 atom stereocenters. The second-order valence-electron chi connectivity index (χ2n) is 3.50. The number of aliphatic hydroxyl groups excluding tert-OH is 1. The van der Waals surface area contributed by atoms with Crippen LogP contribution >= 0.6 is 0 Å². The van der Waals surface area contributed by atoms with Crippen molar-refractivity contribution in [2.45, 2.75) is 26.2 Å². The molecule has 0 saturated carbocycles. The Bertz CT molecular complexity index is 220. The number of rotatable bonds is 2. The van der Waals surface area contributed by atoms with Gasteiger partial charge in [0.15, 0.2) is 0 Å². The third kappa shape index (κ3) is 1.50. The molecule has 0 aliphatic heterocycles. The Morgan fingerprint density at radius 3 is 2.75 bits per heavy atom. The first-order chi connectivity index (χ1) is 5.60. The van der Waals surface area contributed by atoms with E-state index in [0.29, 0.717) is 12.8 Å². The van der Waals surface area contributed by atoms with Gasteiger partial charge in [0.05, 0.1) is 12.0 Å². The summed E-state index contributed by atoms with van der Waals surface area (Å²) in [5.41, 5.74) is 0.319. The van der Waals surface area contributed by atoms with Crippen molar-refractivity contribution in [1.82, 2.24) is 0 Å². The minimum absolute atomic E-state index is 0.258. The lowest BCUT2D eigenvalue weighted by molar-refractivity contribution is -0.152. The van der Waals surface area contributed by atoms with Crippen LogP contribution < -0.4 is 0 Å². The van der Waals surface area contributed by atoms with Gasteiger partial charge in [-0.2, -0.15) is 0 Å². The summed E-state index contributed by atoms with van der Waals surface area (Å²) in [7, 11) is 0. The molecule has 1 unspecified atom stereocenters. The van der Waals surface area contributed by atoms with E-state index in [1.807, 2.05) is 13.0 Å². The van der Waals surface area contributed by atoms with Gasteiger partial charge in [-0.05, 0) is 26.2 Å². The van der Waals surface area contributed by atoms with E-state index in [1.54, 1.807) is 0 Å². The minimum atomic E-state index is -0.903. The van der Waals surface area contributed by atoms with Crippen LogP contribution in [0.3, 0.4) is 0 Å². The van der Waals surface area contributed by atoms with Crippen LogP contribution in [0.4, 0.5) is 0 Å². The molecule has 0 aromatic heterocycles. The summed E-state index contributed by atoms with van der Waals surface area (Å²) in [5.74, 6) is -0.881. The summed E-state index contributed by atoms with van der Waals surface area (Å²) in [4.78, 5) is 10.8. The first kappa shape index (κ1) is 9.26. The molecule has 1 aliphatic rings. The number of carboxylic acid groups (broad SMARTS) is 1. The van der Waals surface area contributed by atoms with Crippen molar-refractivity contribution in [2.24, 2.45) is 5.41 Å². The van der Waals surface area contributed by atoms with Gasteiger partial charge in [-0.1, -0.05) is 11.6 Å². The molecule has 0 aromatic carbocycles. The quantitative estimate of drug-likeness (QED) is 0.612. The zero-order valence-corrected chi connectivity index (χ0v) is 7.21. The molecule has 68 valence electrons. The smallest absolute Gasteiger partial charge is 0.312 e. The fraction of sp³-hybridized carbons (Fsp3) is 0.667. The highest BCUT2D eigenvalue weighted by molar-refractivity contribution is 5.75. The summed E-state index contributed by atoms with van der Waals surface area (Å²) in [6, 6.07) is 0. The number of aliphatic carboxylic acids is 1. The number of allylic oxidation sites excluding steroid dienone is 2. The first-order valence-electron chi connectivity index (χ1n) is 4.11. The van der Waals surface area contributed by atoms with Gasteiger partial charge in [0, 0.05) is 0 Å². The standard InChI is InChI=1S/C9H14O3/c1-7-2-4-9(6-10,5-3-7)8(11)12/h2,10H,3-6H2,1H3,(H,11,12). The van der Waals surface area contributed by atoms with Gasteiger partial charge < -0.3 is 10.2 Å². The number of carbonyl (C=O) groups is 1.